The largest absolute Gasteiger partial charge is 0.508 e. The van der Waals surface area contributed by atoms with Crippen molar-refractivity contribution in [3.8, 4) is 5.75 Å². The standard InChI is InChI=1S/C16H24N2O2S/c1-21-9-7-16(20)17-14-5-3-8-18(12-14)11-13-4-2-6-15(19)10-13/h2,4,6,10,14,19H,3,5,7-9,11-12H2,1H3,(H,17,20)/t14-/m1/s1. The first kappa shape index (κ1) is 16.2. The van der Waals surface area contributed by atoms with Gasteiger partial charge in [0.05, 0.1) is 0 Å². The topological polar surface area (TPSA) is 52.6 Å². The quantitative estimate of drug-likeness (QED) is 0.846. The van der Waals surface area contributed by atoms with Gasteiger partial charge in [-0.05, 0) is 43.3 Å². The lowest BCUT2D eigenvalue weighted by Gasteiger charge is -2.33. The molecular formula is C16H24N2O2S. The van der Waals surface area contributed by atoms with Crippen LogP contribution >= 0.6 is 11.8 Å². The number of hydrogen-bond acceptors (Lipinski definition) is 4. The molecule has 0 aliphatic carbocycles. The molecule has 21 heavy (non-hydrogen) atoms. The van der Waals surface area contributed by atoms with Crippen LogP contribution in [-0.4, -0.2) is 47.1 Å². The van der Waals surface area contributed by atoms with E-state index in [1.165, 1.54) is 0 Å². The van der Waals surface area contributed by atoms with E-state index < -0.39 is 0 Å². The molecule has 1 fully saturated rings. The molecule has 0 unspecified atom stereocenters. The zero-order valence-electron chi connectivity index (χ0n) is 12.5. The smallest absolute Gasteiger partial charge is 0.221 e. The summed E-state index contributed by atoms with van der Waals surface area (Å²) in [6.07, 6.45) is 4.78. The normalized spacial score (nSPS) is 19.4. The predicted molar refractivity (Wildman–Crippen MR) is 87.5 cm³/mol. The number of nitrogens with zero attached hydrogens (tertiary/aromatic N) is 1. The fourth-order valence-electron chi connectivity index (χ4n) is 2.72. The number of aromatic hydroxyl groups is 1. The number of hydrogen-bond donors (Lipinski definition) is 2. The molecule has 1 aliphatic heterocycles. The number of piperidine rings is 1. The highest BCUT2D eigenvalue weighted by Gasteiger charge is 2.21. The van der Waals surface area contributed by atoms with Crippen LogP contribution in [0.25, 0.3) is 0 Å². The van der Waals surface area contributed by atoms with Crippen molar-refractivity contribution in [3.05, 3.63) is 29.8 Å². The molecule has 1 saturated heterocycles. The second-order valence-electron chi connectivity index (χ2n) is 5.55. The van der Waals surface area contributed by atoms with Crippen molar-refractivity contribution in [3.63, 3.8) is 0 Å². The maximum atomic E-state index is 11.8. The Morgan fingerprint density at radius 1 is 1.52 bits per heavy atom. The molecule has 116 valence electrons. The molecule has 4 nitrogen and oxygen atoms in total. The van der Waals surface area contributed by atoms with E-state index in [9.17, 15) is 9.90 Å². The summed E-state index contributed by atoms with van der Waals surface area (Å²) >= 11 is 1.70. The molecule has 0 aromatic heterocycles. The number of carbonyl (C=O) groups excluding carboxylic acids is 1. The molecule has 0 spiro atoms. The number of likely N-dealkylation sites (tertiary alicyclic amines) is 1. The SMILES string of the molecule is CSCCC(=O)N[C@@H]1CCCN(Cc2cccc(O)c2)C1. The zero-order valence-corrected chi connectivity index (χ0v) is 13.4. The minimum absolute atomic E-state index is 0.161. The van der Waals surface area contributed by atoms with Crippen LogP contribution in [0.4, 0.5) is 0 Å². The van der Waals surface area contributed by atoms with Gasteiger partial charge in [0.15, 0.2) is 0 Å². The Balaban J connectivity index is 1.81. The van der Waals surface area contributed by atoms with E-state index >= 15 is 0 Å². The maximum Gasteiger partial charge on any atom is 0.221 e. The average molecular weight is 308 g/mol. The Morgan fingerprint density at radius 2 is 2.38 bits per heavy atom. The summed E-state index contributed by atoms with van der Waals surface area (Å²) in [6, 6.07) is 7.65. The van der Waals surface area contributed by atoms with Gasteiger partial charge in [-0.1, -0.05) is 12.1 Å². The molecule has 1 aromatic rings. The first-order chi connectivity index (χ1) is 10.2. The molecule has 2 N–H and O–H groups in total. The van der Waals surface area contributed by atoms with Crippen molar-refractivity contribution >= 4 is 17.7 Å². The number of phenols is 1. The molecule has 0 radical (unpaired) electrons. The van der Waals surface area contributed by atoms with Gasteiger partial charge in [0.25, 0.3) is 0 Å². The lowest BCUT2D eigenvalue weighted by molar-refractivity contribution is -0.121. The summed E-state index contributed by atoms with van der Waals surface area (Å²) in [6.45, 7) is 2.76. The summed E-state index contributed by atoms with van der Waals surface area (Å²) in [4.78, 5) is 14.1. The van der Waals surface area contributed by atoms with Crippen molar-refractivity contribution in [1.29, 1.82) is 0 Å². The van der Waals surface area contributed by atoms with Gasteiger partial charge >= 0.3 is 0 Å². The predicted octanol–water partition coefficient (Wildman–Crippen LogP) is 2.23. The van der Waals surface area contributed by atoms with E-state index in [1.807, 2.05) is 18.4 Å². The van der Waals surface area contributed by atoms with E-state index in [1.54, 1.807) is 23.9 Å². The first-order valence-corrected chi connectivity index (χ1v) is 8.85. The van der Waals surface area contributed by atoms with Crippen LogP contribution in [-0.2, 0) is 11.3 Å². The number of rotatable bonds is 6. The van der Waals surface area contributed by atoms with Gasteiger partial charge in [0.2, 0.25) is 5.91 Å². The van der Waals surface area contributed by atoms with Crippen molar-refractivity contribution in [1.82, 2.24) is 10.2 Å². The van der Waals surface area contributed by atoms with E-state index in [2.05, 4.69) is 10.2 Å². The minimum atomic E-state index is 0.161. The van der Waals surface area contributed by atoms with Crippen LogP contribution in [0.1, 0.15) is 24.8 Å². The highest BCUT2D eigenvalue weighted by Crippen LogP contribution is 2.17. The van der Waals surface area contributed by atoms with E-state index in [4.69, 9.17) is 0 Å². The van der Waals surface area contributed by atoms with Crippen LogP contribution in [0.15, 0.2) is 24.3 Å². The molecule has 1 atom stereocenters. The fraction of sp³-hybridized carbons (Fsp3) is 0.562. The summed E-state index contributed by atoms with van der Waals surface area (Å²) in [7, 11) is 0. The number of carbonyl (C=O) groups is 1. The van der Waals surface area contributed by atoms with E-state index in [0.29, 0.717) is 12.2 Å². The molecule has 2 rings (SSSR count). The van der Waals surface area contributed by atoms with Gasteiger partial charge < -0.3 is 10.4 Å². The van der Waals surface area contributed by atoms with Crippen molar-refractivity contribution < 1.29 is 9.90 Å². The Bertz CT molecular complexity index is 467. The van der Waals surface area contributed by atoms with Crippen LogP contribution in [0.5, 0.6) is 5.75 Å². The summed E-state index contributed by atoms with van der Waals surface area (Å²) in [5.74, 6) is 1.35. The van der Waals surface area contributed by atoms with Crippen molar-refractivity contribution in [2.24, 2.45) is 0 Å². The summed E-state index contributed by atoms with van der Waals surface area (Å²) in [5, 5.41) is 12.7. The highest BCUT2D eigenvalue weighted by molar-refractivity contribution is 7.98. The third kappa shape index (κ3) is 5.59. The summed E-state index contributed by atoms with van der Waals surface area (Å²) in [5.41, 5.74) is 1.12. The molecular weight excluding hydrogens is 284 g/mol. The molecule has 1 aliphatic rings. The minimum Gasteiger partial charge on any atom is -0.508 e. The van der Waals surface area contributed by atoms with Gasteiger partial charge in [-0.3, -0.25) is 9.69 Å². The Hall–Kier alpha value is -1.20. The average Bonchev–Trinajstić information content (AvgIpc) is 2.45. The Kier molecular flexibility index (Phi) is 6.39. The first-order valence-electron chi connectivity index (χ1n) is 7.46. The maximum absolute atomic E-state index is 11.8. The lowest BCUT2D eigenvalue weighted by Crippen LogP contribution is -2.47. The Labute approximate surface area is 130 Å². The molecule has 0 bridgehead atoms. The third-order valence-electron chi connectivity index (χ3n) is 3.72. The van der Waals surface area contributed by atoms with Gasteiger partial charge in [0.1, 0.15) is 5.75 Å². The Morgan fingerprint density at radius 3 is 3.14 bits per heavy atom. The zero-order chi connectivity index (χ0) is 15.1. The third-order valence-corrected chi connectivity index (χ3v) is 4.33. The number of thioether (sulfide) groups is 1. The van der Waals surface area contributed by atoms with Crippen molar-refractivity contribution in [2.75, 3.05) is 25.1 Å². The number of benzene rings is 1. The molecule has 1 amide bonds. The van der Waals surface area contributed by atoms with Gasteiger partial charge in [0, 0.05) is 31.3 Å². The van der Waals surface area contributed by atoms with E-state index in [0.717, 1.165) is 43.8 Å². The van der Waals surface area contributed by atoms with Gasteiger partial charge in [-0.15, -0.1) is 0 Å². The van der Waals surface area contributed by atoms with Crippen molar-refractivity contribution in [2.45, 2.75) is 31.8 Å². The fourth-order valence-corrected chi connectivity index (χ4v) is 3.11. The molecule has 5 heteroatoms. The van der Waals surface area contributed by atoms with Gasteiger partial charge in [-0.25, -0.2) is 0 Å². The van der Waals surface area contributed by atoms with Crippen LogP contribution < -0.4 is 5.32 Å². The number of amides is 1. The highest BCUT2D eigenvalue weighted by atomic mass is 32.2. The molecule has 1 heterocycles. The van der Waals surface area contributed by atoms with Gasteiger partial charge in [-0.2, -0.15) is 11.8 Å². The molecule has 0 saturated carbocycles. The van der Waals surface area contributed by atoms with Crippen LogP contribution in [0.3, 0.4) is 0 Å². The number of nitrogens with one attached hydrogen (secondary N) is 1. The number of phenolic OH excluding ortho intramolecular Hbond substituents is 1. The monoisotopic (exact) mass is 308 g/mol. The second kappa shape index (κ2) is 8.29. The molecule has 1 aromatic carbocycles. The second-order valence-corrected chi connectivity index (χ2v) is 6.54. The van der Waals surface area contributed by atoms with E-state index in [-0.39, 0.29) is 11.9 Å². The lowest BCUT2D eigenvalue weighted by atomic mass is 10.0. The van der Waals surface area contributed by atoms with Crippen LogP contribution in [0, 0.1) is 0 Å². The summed E-state index contributed by atoms with van der Waals surface area (Å²) < 4.78 is 0. The van der Waals surface area contributed by atoms with Crippen LogP contribution in [0.2, 0.25) is 0 Å².